The van der Waals surface area contributed by atoms with E-state index < -0.39 is 85.8 Å². The fraction of sp³-hybridized carbons (Fsp3) is 0.423. The predicted molar refractivity (Wildman–Crippen MR) is 134 cm³/mol. The zero-order chi connectivity index (χ0) is 29.6. The fourth-order valence-corrected chi connectivity index (χ4v) is 4.61. The van der Waals surface area contributed by atoms with E-state index in [4.69, 9.17) is 23.4 Å². The molecule has 1 aromatic heterocycles. The molecular weight excluding hydrogens is 588 g/mol. The molecule has 0 bridgehead atoms. The Labute approximate surface area is 243 Å². The number of fused-ring (bicyclic) bond motifs is 1. The number of rotatable bonds is 6. The Morgan fingerprint density at radius 2 is 1.55 bits per heavy atom. The average Bonchev–Trinajstić information content (AvgIpc) is 2.94. The Morgan fingerprint density at radius 1 is 0.810 bits per heavy atom. The van der Waals surface area contributed by atoms with E-state index in [0.29, 0.717) is 0 Å². The summed E-state index contributed by atoms with van der Waals surface area (Å²) in [5.41, 5.74) is 0.139. The maximum absolute atomic E-state index is 10.9. The minimum Gasteiger partial charge on any atom is -1.00 e. The predicted octanol–water partition coefficient (Wildman–Crippen LogP) is -4.15. The van der Waals surface area contributed by atoms with Crippen LogP contribution in [0.5, 0.6) is 28.7 Å². The van der Waals surface area contributed by atoms with Gasteiger partial charge in [0, 0.05) is 18.2 Å². The van der Waals surface area contributed by atoms with Gasteiger partial charge in [0.15, 0.2) is 23.9 Å². The van der Waals surface area contributed by atoms with Gasteiger partial charge in [-0.2, -0.15) is 0 Å². The minimum absolute atomic E-state index is 0. The zero-order valence-electron chi connectivity index (χ0n) is 21.5. The first-order valence-corrected chi connectivity index (χ1v) is 12.4. The molecule has 42 heavy (non-hydrogen) atoms. The second-order valence-electron chi connectivity index (χ2n) is 9.70. The van der Waals surface area contributed by atoms with E-state index in [1.807, 2.05) is 0 Å². The van der Waals surface area contributed by atoms with Crippen LogP contribution in [0.2, 0.25) is 0 Å². The van der Waals surface area contributed by atoms with Gasteiger partial charge in [-0.05, 0) is 12.1 Å². The molecule has 0 amide bonds. The number of aromatic hydroxyl groups is 4. The smallest absolute Gasteiger partial charge is 0.402 e. The molecule has 2 saturated heterocycles. The number of ether oxygens (including phenoxy) is 4. The average molecular weight is 617 g/mol. The first kappa shape index (κ1) is 31.7. The number of benzene rings is 2. The van der Waals surface area contributed by atoms with E-state index in [9.17, 15) is 51.1 Å². The van der Waals surface area contributed by atoms with Gasteiger partial charge in [0.2, 0.25) is 12.0 Å². The van der Waals surface area contributed by atoms with E-state index in [2.05, 4.69) is 0 Å². The molecule has 3 aromatic rings. The van der Waals surface area contributed by atoms with Crippen molar-refractivity contribution in [3.63, 3.8) is 0 Å². The Balaban J connectivity index is 0.00000405. The molecule has 0 saturated carbocycles. The molecule has 16 heteroatoms. The molecule has 0 aliphatic carbocycles. The summed E-state index contributed by atoms with van der Waals surface area (Å²) in [5.74, 6) is -1.98. The largest absolute Gasteiger partial charge is 1.00 e. The number of phenols is 4. The summed E-state index contributed by atoms with van der Waals surface area (Å²) < 4.78 is 28.5. The molecule has 3 heterocycles. The first-order chi connectivity index (χ1) is 19.5. The SMILES string of the molecule is OC[C@H]1O[C@@H](Oc2cc3c(O)cc(O)cc3[o+]c2-c2ccc(O)c(O)c2)[C@H](O[C@@H]2OC[C@@H](O)[C@H](O)[C@H]2O)[C@@H](O)[C@H]1O.[Cl-]. The maximum atomic E-state index is 10.9. The van der Waals surface area contributed by atoms with Gasteiger partial charge < -0.3 is 82.4 Å². The van der Waals surface area contributed by atoms with Crippen molar-refractivity contribution in [2.24, 2.45) is 0 Å². The highest BCUT2D eigenvalue weighted by atomic mass is 35.5. The molecule has 230 valence electrons. The molecule has 2 fully saturated rings. The second kappa shape index (κ2) is 12.6. The molecule has 15 nitrogen and oxygen atoms in total. The van der Waals surface area contributed by atoms with Crippen LogP contribution in [0.3, 0.4) is 0 Å². The summed E-state index contributed by atoms with van der Waals surface area (Å²) in [5, 5.41) is 101. The van der Waals surface area contributed by atoms with Crippen molar-refractivity contribution >= 4 is 11.0 Å². The van der Waals surface area contributed by atoms with Gasteiger partial charge >= 0.3 is 11.3 Å². The third kappa shape index (κ3) is 5.97. The normalized spacial score (nSPS) is 31.4. The van der Waals surface area contributed by atoms with Gasteiger partial charge in [0.25, 0.3) is 0 Å². The number of halogens is 1. The summed E-state index contributed by atoms with van der Waals surface area (Å²) >= 11 is 0. The lowest BCUT2D eigenvalue weighted by atomic mass is 9.98. The standard InChI is InChI=1S/C26H28O15.ClH/c27-7-18-20(34)21(35)24(41-25-22(36)19(33)15(32)8-37-25)26(40-18)39-17-6-11-13(30)4-10(28)5-16(11)38-23(17)9-1-2-12(29)14(31)3-9;/h1-6,15,18-22,24-27,32-36H,7-8H2,(H3-,28,29,30,31);1H/t15-,18-,19+,20+,21+,22-,24-,25+,26-;/m1./s1. The number of aliphatic hydroxyl groups is 6. The van der Waals surface area contributed by atoms with Crippen molar-refractivity contribution in [1.82, 2.24) is 0 Å². The monoisotopic (exact) mass is 616 g/mol. The summed E-state index contributed by atoms with van der Waals surface area (Å²) in [6, 6.07) is 7.19. The Kier molecular flexibility index (Phi) is 9.49. The summed E-state index contributed by atoms with van der Waals surface area (Å²) in [6.45, 7) is -1.18. The molecule has 9 atom stereocenters. The Hall–Kier alpha value is -3.22. The lowest BCUT2D eigenvalue weighted by Gasteiger charge is -2.44. The molecule has 2 aliphatic heterocycles. The molecule has 0 spiro atoms. The summed E-state index contributed by atoms with van der Waals surface area (Å²) in [4.78, 5) is 0. The van der Waals surface area contributed by atoms with Gasteiger partial charge in [-0.3, -0.25) is 0 Å². The Morgan fingerprint density at radius 3 is 2.24 bits per heavy atom. The maximum Gasteiger partial charge on any atom is 0.402 e. The van der Waals surface area contributed by atoms with Gasteiger partial charge in [0.1, 0.15) is 53.5 Å². The minimum atomic E-state index is -1.80. The van der Waals surface area contributed by atoms with Crippen LogP contribution in [0, 0.1) is 0 Å². The third-order valence-electron chi connectivity index (χ3n) is 6.87. The van der Waals surface area contributed by atoms with Crippen LogP contribution < -0.4 is 17.1 Å². The lowest BCUT2D eigenvalue weighted by Crippen LogP contribution is -3.00. The number of aliphatic hydroxyl groups excluding tert-OH is 6. The van der Waals surface area contributed by atoms with Crippen LogP contribution in [-0.2, 0) is 14.2 Å². The first-order valence-electron chi connectivity index (χ1n) is 12.4. The highest BCUT2D eigenvalue weighted by molar-refractivity contribution is 5.88. The van der Waals surface area contributed by atoms with Crippen LogP contribution in [0.15, 0.2) is 40.8 Å². The van der Waals surface area contributed by atoms with Crippen LogP contribution in [0.1, 0.15) is 0 Å². The highest BCUT2D eigenvalue weighted by Gasteiger charge is 2.50. The summed E-state index contributed by atoms with van der Waals surface area (Å²) in [7, 11) is 0. The van der Waals surface area contributed by atoms with E-state index in [1.165, 1.54) is 24.3 Å². The van der Waals surface area contributed by atoms with E-state index in [-0.39, 0.29) is 46.2 Å². The molecule has 2 aliphatic rings. The molecular formula is C26H29ClO15. The van der Waals surface area contributed by atoms with Crippen molar-refractivity contribution in [3.8, 4) is 40.1 Å². The van der Waals surface area contributed by atoms with Crippen molar-refractivity contribution in [2.45, 2.75) is 55.3 Å². The van der Waals surface area contributed by atoms with Gasteiger partial charge in [0.05, 0.1) is 24.8 Å². The van der Waals surface area contributed by atoms with Crippen LogP contribution in [0.25, 0.3) is 22.3 Å². The number of hydrogen-bond acceptors (Lipinski definition) is 14. The van der Waals surface area contributed by atoms with Gasteiger partial charge in [-0.15, -0.1) is 0 Å². The van der Waals surface area contributed by atoms with Crippen LogP contribution in [0.4, 0.5) is 0 Å². The third-order valence-corrected chi connectivity index (χ3v) is 6.87. The topological polar surface area (TPSA) is 251 Å². The number of phenolic OH excluding ortho intramolecular Hbond substituents is 4. The lowest BCUT2D eigenvalue weighted by molar-refractivity contribution is -0.344. The van der Waals surface area contributed by atoms with E-state index in [1.54, 1.807) is 0 Å². The van der Waals surface area contributed by atoms with Gasteiger partial charge in [-0.25, -0.2) is 4.42 Å². The molecule has 0 unspecified atom stereocenters. The van der Waals surface area contributed by atoms with E-state index >= 15 is 0 Å². The van der Waals surface area contributed by atoms with E-state index in [0.717, 1.165) is 12.1 Å². The second-order valence-corrected chi connectivity index (χ2v) is 9.70. The molecule has 10 N–H and O–H groups in total. The molecule has 2 aromatic carbocycles. The van der Waals surface area contributed by atoms with Crippen molar-refractivity contribution in [2.75, 3.05) is 13.2 Å². The van der Waals surface area contributed by atoms with Crippen molar-refractivity contribution in [1.29, 1.82) is 0 Å². The number of hydrogen-bond donors (Lipinski definition) is 10. The Bertz CT molecular complexity index is 1410. The quantitative estimate of drug-likeness (QED) is 0.0932. The summed E-state index contributed by atoms with van der Waals surface area (Å²) in [6.07, 6.45) is -14.6. The van der Waals surface area contributed by atoms with Crippen LogP contribution in [-0.4, -0.2) is 120 Å². The van der Waals surface area contributed by atoms with Crippen LogP contribution >= 0.6 is 0 Å². The molecule has 5 rings (SSSR count). The molecule has 0 radical (unpaired) electrons. The van der Waals surface area contributed by atoms with Crippen molar-refractivity contribution < 1.29 is 86.8 Å². The highest BCUT2D eigenvalue weighted by Crippen LogP contribution is 2.42. The van der Waals surface area contributed by atoms with Gasteiger partial charge in [-0.1, -0.05) is 0 Å². The van der Waals surface area contributed by atoms with Crippen molar-refractivity contribution in [3.05, 3.63) is 36.4 Å². The zero-order valence-corrected chi connectivity index (χ0v) is 22.2. The fourth-order valence-electron chi connectivity index (χ4n) is 4.61.